The first kappa shape index (κ1) is 27.0. The predicted molar refractivity (Wildman–Crippen MR) is 160 cm³/mol. The minimum Gasteiger partial charge on any atom is -0.493 e. The number of methoxy groups -OCH3 is 1. The summed E-state index contributed by atoms with van der Waals surface area (Å²) in [6.07, 6.45) is 4.25. The van der Waals surface area contributed by atoms with Crippen LogP contribution in [-0.4, -0.2) is 47.3 Å². The van der Waals surface area contributed by atoms with Crippen LogP contribution < -0.4 is 14.2 Å². The van der Waals surface area contributed by atoms with Gasteiger partial charge in [-0.3, -0.25) is 10.2 Å². The van der Waals surface area contributed by atoms with E-state index in [1.165, 1.54) is 16.8 Å². The predicted octanol–water partition coefficient (Wildman–Crippen LogP) is 5.86. The number of hydrazone groups is 1. The van der Waals surface area contributed by atoms with E-state index in [-0.39, 0.29) is 11.4 Å². The standard InChI is InChI=1S/C31H28N4O4S/c1-4-5-21-10-15-26(27(19-21)37-3)39-17-16-38-24-13-8-22(9-14-24)18-25-28(32)35-31(33-29(25)36)40-30(34-35)23-11-6-20(2)7-12-23/h4,6-15,18-19,32H,1,5,16-17H2,2-3H3/b25-18+,32-28?. The van der Waals surface area contributed by atoms with Gasteiger partial charge in [-0.25, -0.2) is 0 Å². The van der Waals surface area contributed by atoms with Gasteiger partial charge in [0.25, 0.3) is 5.91 Å². The molecule has 1 N–H and O–H groups in total. The van der Waals surface area contributed by atoms with E-state index < -0.39 is 5.91 Å². The highest BCUT2D eigenvalue weighted by molar-refractivity contribution is 8.27. The van der Waals surface area contributed by atoms with Crippen molar-refractivity contribution in [1.29, 1.82) is 5.41 Å². The number of carbonyl (C=O) groups excluding carboxylic acids is 1. The van der Waals surface area contributed by atoms with Gasteiger partial charge in [0.1, 0.15) is 24.0 Å². The highest BCUT2D eigenvalue weighted by atomic mass is 32.2. The average Bonchev–Trinajstić information content (AvgIpc) is 3.39. The molecule has 0 unspecified atom stereocenters. The van der Waals surface area contributed by atoms with Crippen molar-refractivity contribution >= 4 is 39.8 Å². The Hall–Kier alpha value is -4.63. The molecule has 0 saturated heterocycles. The number of amides is 1. The Morgan fingerprint density at radius 1 is 1.00 bits per heavy atom. The second-order valence-electron chi connectivity index (χ2n) is 9.04. The Labute approximate surface area is 237 Å². The molecule has 202 valence electrons. The van der Waals surface area contributed by atoms with Crippen LogP contribution in [0.15, 0.2) is 95.1 Å². The van der Waals surface area contributed by atoms with Crippen molar-refractivity contribution in [3.8, 4) is 17.2 Å². The van der Waals surface area contributed by atoms with Crippen LogP contribution in [0.1, 0.15) is 22.3 Å². The third-order valence-corrected chi connectivity index (χ3v) is 7.12. The molecular weight excluding hydrogens is 524 g/mol. The maximum Gasteiger partial charge on any atom is 0.283 e. The van der Waals surface area contributed by atoms with Crippen LogP contribution in [-0.2, 0) is 11.2 Å². The summed E-state index contributed by atoms with van der Waals surface area (Å²) in [5.74, 6) is 1.51. The number of thioether (sulfide) groups is 1. The molecule has 2 aliphatic heterocycles. The van der Waals surface area contributed by atoms with Gasteiger partial charge >= 0.3 is 0 Å². The second kappa shape index (κ2) is 12.0. The highest BCUT2D eigenvalue weighted by Gasteiger charge is 2.36. The summed E-state index contributed by atoms with van der Waals surface area (Å²) >= 11 is 1.28. The van der Waals surface area contributed by atoms with Crippen LogP contribution >= 0.6 is 11.8 Å². The van der Waals surface area contributed by atoms with Crippen LogP contribution in [0.4, 0.5) is 0 Å². The number of hydrogen-bond acceptors (Lipinski definition) is 7. The molecule has 3 aromatic rings. The molecule has 2 aliphatic rings. The first-order chi connectivity index (χ1) is 19.4. The monoisotopic (exact) mass is 552 g/mol. The van der Waals surface area contributed by atoms with Crippen LogP contribution in [0, 0.1) is 12.3 Å². The SMILES string of the molecule is C=CCc1ccc(OCCOc2ccc(/C=C3\C(=N)N4N=C(c5ccc(C)cc5)SC4=NC3=O)cc2)c(OC)c1. The van der Waals surface area contributed by atoms with E-state index in [9.17, 15) is 4.79 Å². The number of allylic oxidation sites excluding steroid dienone is 1. The summed E-state index contributed by atoms with van der Waals surface area (Å²) in [7, 11) is 1.61. The second-order valence-corrected chi connectivity index (χ2v) is 9.99. The fourth-order valence-electron chi connectivity index (χ4n) is 4.07. The van der Waals surface area contributed by atoms with E-state index in [1.54, 1.807) is 13.2 Å². The van der Waals surface area contributed by atoms with Crippen molar-refractivity contribution in [3.63, 3.8) is 0 Å². The zero-order chi connectivity index (χ0) is 28.1. The van der Waals surface area contributed by atoms with Crippen molar-refractivity contribution in [1.82, 2.24) is 5.01 Å². The number of benzene rings is 3. The number of nitrogens with zero attached hydrogens (tertiary/aromatic N) is 3. The number of fused-ring (bicyclic) bond motifs is 1. The van der Waals surface area contributed by atoms with Gasteiger partial charge in [-0.15, -0.1) is 6.58 Å². The van der Waals surface area contributed by atoms with Crippen molar-refractivity contribution in [2.75, 3.05) is 20.3 Å². The topological polar surface area (TPSA) is 96.6 Å². The Bertz CT molecular complexity index is 1540. The lowest BCUT2D eigenvalue weighted by Gasteiger charge is -2.20. The molecular formula is C31H28N4O4S. The van der Waals surface area contributed by atoms with E-state index in [0.717, 1.165) is 28.7 Å². The zero-order valence-corrected chi connectivity index (χ0v) is 23.0. The molecule has 0 bridgehead atoms. The summed E-state index contributed by atoms with van der Waals surface area (Å²) in [6, 6.07) is 21.0. The van der Waals surface area contributed by atoms with Gasteiger partial charge in [0.05, 0.1) is 12.7 Å². The number of nitrogens with one attached hydrogen (secondary N) is 1. The molecule has 5 rings (SSSR count). The Morgan fingerprint density at radius 2 is 1.75 bits per heavy atom. The molecule has 0 saturated carbocycles. The van der Waals surface area contributed by atoms with Gasteiger partial charge in [-0.1, -0.05) is 54.1 Å². The molecule has 0 fully saturated rings. The van der Waals surface area contributed by atoms with Gasteiger partial charge in [0.15, 0.2) is 17.3 Å². The summed E-state index contributed by atoms with van der Waals surface area (Å²) in [5.41, 5.74) is 4.08. The molecule has 0 atom stereocenters. The molecule has 0 aliphatic carbocycles. The fourth-order valence-corrected chi connectivity index (χ4v) is 4.96. The highest BCUT2D eigenvalue weighted by Crippen LogP contribution is 2.31. The summed E-state index contributed by atoms with van der Waals surface area (Å²) in [6.45, 7) is 6.46. The third-order valence-electron chi connectivity index (χ3n) is 6.16. The molecule has 0 radical (unpaired) electrons. The van der Waals surface area contributed by atoms with Crippen molar-refractivity contribution in [2.45, 2.75) is 13.3 Å². The Kier molecular flexibility index (Phi) is 8.12. The number of aryl methyl sites for hydroxylation is 1. The van der Waals surface area contributed by atoms with Gasteiger partial charge in [-0.2, -0.15) is 15.1 Å². The lowest BCUT2D eigenvalue weighted by atomic mass is 10.1. The normalized spacial score (nSPS) is 15.4. The number of ether oxygens (including phenoxy) is 3. The first-order valence-electron chi connectivity index (χ1n) is 12.7. The van der Waals surface area contributed by atoms with Gasteiger partial charge in [0, 0.05) is 5.56 Å². The maximum atomic E-state index is 12.8. The summed E-state index contributed by atoms with van der Waals surface area (Å²) in [4.78, 5) is 16.9. The summed E-state index contributed by atoms with van der Waals surface area (Å²) < 4.78 is 17.1. The van der Waals surface area contributed by atoms with Crippen molar-refractivity contribution in [3.05, 3.63) is 107 Å². The molecule has 1 amide bonds. The maximum absolute atomic E-state index is 12.8. The van der Waals surface area contributed by atoms with Crippen molar-refractivity contribution in [2.24, 2.45) is 10.1 Å². The largest absolute Gasteiger partial charge is 0.493 e. The average molecular weight is 553 g/mol. The summed E-state index contributed by atoms with van der Waals surface area (Å²) in [5, 5.41) is 15.6. The number of amidine groups is 2. The molecule has 2 heterocycles. The Balaban J connectivity index is 1.19. The van der Waals surface area contributed by atoms with Crippen LogP contribution in [0.25, 0.3) is 6.08 Å². The van der Waals surface area contributed by atoms with Crippen molar-refractivity contribution < 1.29 is 19.0 Å². The smallest absolute Gasteiger partial charge is 0.283 e. The van der Waals surface area contributed by atoms with Gasteiger partial charge < -0.3 is 14.2 Å². The minimum absolute atomic E-state index is 0.00459. The van der Waals surface area contributed by atoms with E-state index in [4.69, 9.17) is 19.6 Å². The van der Waals surface area contributed by atoms with Crippen LogP contribution in [0.3, 0.4) is 0 Å². The Morgan fingerprint density at radius 3 is 2.48 bits per heavy atom. The van der Waals surface area contributed by atoms with Crippen LogP contribution in [0.5, 0.6) is 17.2 Å². The quantitative estimate of drug-likeness (QED) is 0.192. The van der Waals surface area contributed by atoms with Gasteiger partial charge in [0.2, 0.25) is 5.17 Å². The minimum atomic E-state index is -0.463. The number of carbonyl (C=O) groups is 1. The molecule has 0 spiro atoms. The lowest BCUT2D eigenvalue weighted by molar-refractivity contribution is -0.114. The van der Waals surface area contributed by atoms with Crippen LogP contribution in [0.2, 0.25) is 0 Å². The van der Waals surface area contributed by atoms with E-state index in [0.29, 0.717) is 40.7 Å². The zero-order valence-electron chi connectivity index (χ0n) is 22.2. The molecule has 0 aromatic heterocycles. The number of hydrogen-bond donors (Lipinski definition) is 1. The molecule has 9 heteroatoms. The van der Waals surface area contributed by atoms with Gasteiger partial charge in [-0.05, 0) is 66.6 Å². The molecule has 8 nitrogen and oxygen atoms in total. The third kappa shape index (κ3) is 6.00. The van der Waals surface area contributed by atoms with E-state index in [1.807, 2.05) is 79.7 Å². The van der Waals surface area contributed by atoms with E-state index in [2.05, 4.69) is 16.7 Å². The first-order valence-corrected chi connectivity index (χ1v) is 13.5. The molecule has 40 heavy (non-hydrogen) atoms. The fraction of sp³-hybridized carbons (Fsp3) is 0.161. The number of rotatable bonds is 10. The number of aliphatic imine (C=N–C) groups is 1. The van der Waals surface area contributed by atoms with E-state index >= 15 is 0 Å². The molecule has 3 aromatic carbocycles. The lowest BCUT2D eigenvalue weighted by Crippen LogP contribution is -2.35.